The van der Waals surface area contributed by atoms with Crippen LogP contribution in [0.4, 0.5) is 24.5 Å². The lowest BCUT2D eigenvalue weighted by molar-refractivity contribution is -0.136. The summed E-state index contributed by atoms with van der Waals surface area (Å²) in [7, 11) is 0. The van der Waals surface area contributed by atoms with E-state index in [0.717, 1.165) is 4.47 Å². The van der Waals surface area contributed by atoms with Crippen molar-refractivity contribution in [3.05, 3.63) is 28.9 Å². The van der Waals surface area contributed by atoms with Gasteiger partial charge in [-0.05, 0) is 41.1 Å². The number of rotatable bonds is 3. The van der Waals surface area contributed by atoms with Crippen LogP contribution in [-0.4, -0.2) is 17.2 Å². The summed E-state index contributed by atoms with van der Waals surface area (Å²) in [5.41, 5.74) is 7.49. The van der Waals surface area contributed by atoms with Crippen LogP contribution in [0.25, 0.3) is 10.9 Å². The SMILES string of the molecule is CC(CC(F)(F)F)Nc1ccc(N)c2cc(Br)cnc12. The van der Waals surface area contributed by atoms with E-state index in [1.807, 2.05) is 0 Å². The van der Waals surface area contributed by atoms with Crippen molar-refractivity contribution in [3.8, 4) is 0 Å². The highest BCUT2D eigenvalue weighted by atomic mass is 79.9. The third kappa shape index (κ3) is 3.53. The lowest BCUT2D eigenvalue weighted by atomic mass is 10.1. The molecule has 0 aliphatic rings. The molecule has 0 aliphatic heterocycles. The summed E-state index contributed by atoms with van der Waals surface area (Å²) < 4.78 is 37.8. The lowest BCUT2D eigenvalue weighted by Crippen LogP contribution is -2.24. The first-order valence-electron chi connectivity index (χ1n) is 5.93. The monoisotopic (exact) mass is 347 g/mol. The number of benzene rings is 1. The van der Waals surface area contributed by atoms with E-state index in [1.165, 1.54) is 6.92 Å². The Balaban J connectivity index is 2.33. The van der Waals surface area contributed by atoms with Gasteiger partial charge in [-0.1, -0.05) is 0 Å². The Morgan fingerprint density at radius 1 is 1.40 bits per heavy atom. The minimum Gasteiger partial charge on any atom is -0.398 e. The van der Waals surface area contributed by atoms with Gasteiger partial charge in [-0.15, -0.1) is 0 Å². The molecule has 0 bridgehead atoms. The fourth-order valence-corrected chi connectivity index (χ4v) is 2.33. The highest BCUT2D eigenvalue weighted by Crippen LogP contribution is 2.30. The lowest BCUT2D eigenvalue weighted by Gasteiger charge is -2.18. The zero-order valence-electron chi connectivity index (χ0n) is 10.6. The van der Waals surface area contributed by atoms with Gasteiger partial charge in [-0.25, -0.2) is 0 Å². The molecule has 0 saturated heterocycles. The first-order chi connectivity index (χ1) is 9.26. The number of anilines is 2. The number of alkyl halides is 3. The number of nitrogens with one attached hydrogen (secondary N) is 1. The molecule has 1 atom stereocenters. The molecule has 2 rings (SSSR count). The van der Waals surface area contributed by atoms with E-state index < -0.39 is 18.6 Å². The van der Waals surface area contributed by atoms with Crippen LogP contribution in [0, 0.1) is 0 Å². The van der Waals surface area contributed by atoms with Gasteiger partial charge in [-0.3, -0.25) is 4.98 Å². The van der Waals surface area contributed by atoms with E-state index in [9.17, 15) is 13.2 Å². The molecule has 1 heterocycles. The minimum absolute atomic E-state index is 0.530. The van der Waals surface area contributed by atoms with Crippen molar-refractivity contribution in [2.24, 2.45) is 0 Å². The molecule has 2 aromatic rings. The van der Waals surface area contributed by atoms with E-state index in [2.05, 4.69) is 26.2 Å². The Morgan fingerprint density at radius 2 is 2.10 bits per heavy atom. The first-order valence-corrected chi connectivity index (χ1v) is 6.72. The van der Waals surface area contributed by atoms with Gasteiger partial charge in [0.05, 0.1) is 17.6 Å². The van der Waals surface area contributed by atoms with Crippen LogP contribution in [0.3, 0.4) is 0 Å². The number of pyridine rings is 1. The molecule has 1 aromatic carbocycles. The molecular formula is C13H13BrF3N3. The summed E-state index contributed by atoms with van der Waals surface area (Å²) in [6.07, 6.45) is -3.52. The van der Waals surface area contributed by atoms with Gasteiger partial charge in [-0.2, -0.15) is 13.2 Å². The van der Waals surface area contributed by atoms with E-state index >= 15 is 0 Å². The molecule has 3 N–H and O–H groups in total. The fraction of sp³-hybridized carbons (Fsp3) is 0.308. The van der Waals surface area contributed by atoms with Gasteiger partial charge in [0.15, 0.2) is 0 Å². The molecule has 0 spiro atoms. The van der Waals surface area contributed by atoms with Crippen LogP contribution in [0.15, 0.2) is 28.9 Å². The summed E-state index contributed by atoms with van der Waals surface area (Å²) in [6, 6.07) is 4.34. The number of hydrogen-bond acceptors (Lipinski definition) is 3. The van der Waals surface area contributed by atoms with Gasteiger partial charge in [0.25, 0.3) is 0 Å². The number of nitrogens with zero attached hydrogens (tertiary/aromatic N) is 1. The van der Waals surface area contributed by atoms with Gasteiger partial charge in [0.1, 0.15) is 0 Å². The number of aromatic nitrogens is 1. The maximum absolute atomic E-state index is 12.4. The number of halogens is 4. The van der Waals surface area contributed by atoms with E-state index in [-0.39, 0.29) is 0 Å². The van der Waals surface area contributed by atoms with Crippen molar-refractivity contribution in [1.82, 2.24) is 4.98 Å². The fourth-order valence-electron chi connectivity index (χ4n) is 2.00. The standard InChI is InChI=1S/C13H13BrF3N3/c1-7(5-13(15,16)17)20-11-3-2-10(18)9-4-8(14)6-19-12(9)11/h2-4,6-7,20H,5,18H2,1H3. The predicted octanol–water partition coefficient (Wildman–Crippen LogP) is 4.33. The Hall–Kier alpha value is -1.50. The Labute approximate surface area is 122 Å². The number of nitrogen functional groups attached to an aromatic ring is 1. The third-order valence-corrected chi connectivity index (χ3v) is 3.22. The number of hydrogen-bond donors (Lipinski definition) is 2. The molecule has 0 aliphatic carbocycles. The smallest absolute Gasteiger partial charge is 0.391 e. The van der Waals surface area contributed by atoms with Crippen LogP contribution in [-0.2, 0) is 0 Å². The van der Waals surface area contributed by atoms with Crippen molar-refractivity contribution in [1.29, 1.82) is 0 Å². The molecule has 1 aromatic heterocycles. The Bertz CT molecular complexity index is 628. The topological polar surface area (TPSA) is 50.9 Å². The molecule has 0 radical (unpaired) electrons. The Morgan fingerprint density at radius 3 is 2.75 bits per heavy atom. The summed E-state index contributed by atoms with van der Waals surface area (Å²) in [5.74, 6) is 0. The third-order valence-electron chi connectivity index (χ3n) is 2.79. The minimum atomic E-state index is -4.20. The highest BCUT2D eigenvalue weighted by molar-refractivity contribution is 9.10. The molecule has 0 saturated carbocycles. The average Bonchev–Trinajstić information content (AvgIpc) is 2.30. The van der Waals surface area contributed by atoms with E-state index in [4.69, 9.17) is 5.73 Å². The van der Waals surface area contributed by atoms with Crippen molar-refractivity contribution in [2.45, 2.75) is 25.6 Å². The van der Waals surface area contributed by atoms with Crippen molar-refractivity contribution in [3.63, 3.8) is 0 Å². The second-order valence-corrected chi connectivity index (χ2v) is 5.53. The van der Waals surface area contributed by atoms with Crippen LogP contribution < -0.4 is 11.1 Å². The molecule has 3 nitrogen and oxygen atoms in total. The number of nitrogens with two attached hydrogens (primary N) is 1. The quantitative estimate of drug-likeness (QED) is 0.812. The van der Waals surface area contributed by atoms with Gasteiger partial charge in [0.2, 0.25) is 0 Å². The van der Waals surface area contributed by atoms with Crippen molar-refractivity contribution in [2.75, 3.05) is 11.1 Å². The highest BCUT2D eigenvalue weighted by Gasteiger charge is 2.30. The van der Waals surface area contributed by atoms with E-state index in [0.29, 0.717) is 22.3 Å². The molecule has 108 valence electrons. The Kier molecular flexibility index (Phi) is 4.08. The second kappa shape index (κ2) is 5.47. The summed E-state index contributed by atoms with van der Waals surface area (Å²) in [4.78, 5) is 4.22. The maximum Gasteiger partial charge on any atom is 0.391 e. The van der Waals surface area contributed by atoms with Crippen molar-refractivity contribution < 1.29 is 13.2 Å². The average molecular weight is 348 g/mol. The van der Waals surface area contributed by atoms with Gasteiger partial charge < -0.3 is 11.1 Å². The largest absolute Gasteiger partial charge is 0.398 e. The number of fused-ring (bicyclic) bond motifs is 1. The molecule has 0 amide bonds. The maximum atomic E-state index is 12.4. The van der Waals surface area contributed by atoms with Crippen molar-refractivity contribution >= 4 is 38.2 Å². The second-order valence-electron chi connectivity index (χ2n) is 4.62. The van der Waals surface area contributed by atoms with Crippen LogP contribution in [0.5, 0.6) is 0 Å². The molecule has 20 heavy (non-hydrogen) atoms. The molecular weight excluding hydrogens is 335 g/mol. The summed E-state index contributed by atoms with van der Waals surface area (Å²) in [5, 5.41) is 3.53. The molecule has 1 unspecified atom stereocenters. The van der Waals surface area contributed by atoms with Crippen LogP contribution >= 0.6 is 15.9 Å². The summed E-state index contributed by atoms with van der Waals surface area (Å²) in [6.45, 7) is 1.48. The zero-order chi connectivity index (χ0) is 14.9. The first kappa shape index (κ1) is 14.9. The van der Waals surface area contributed by atoms with Crippen LogP contribution in [0.1, 0.15) is 13.3 Å². The van der Waals surface area contributed by atoms with Crippen LogP contribution in [0.2, 0.25) is 0 Å². The van der Waals surface area contributed by atoms with Gasteiger partial charge in [0, 0.05) is 27.8 Å². The normalized spacial score (nSPS) is 13.4. The van der Waals surface area contributed by atoms with Gasteiger partial charge >= 0.3 is 6.18 Å². The molecule has 0 fully saturated rings. The van der Waals surface area contributed by atoms with E-state index in [1.54, 1.807) is 24.4 Å². The summed E-state index contributed by atoms with van der Waals surface area (Å²) >= 11 is 3.29. The molecule has 7 heteroatoms. The predicted molar refractivity (Wildman–Crippen MR) is 77.6 cm³/mol. The zero-order valence-corrected chi connectivity index (χ0v) is 12.2.